The highest BCUT2D eigenvalue weighted by Gasteiger charge is 2.36. The number of aromatic nitrogens is 2. The number of nitrogens with zero attached hydrogens (tertiary/aromatic N) is 2. The van der Waals surface area contributed by atoms with E-state index in [0.717, 1.165) is 4.68 Å². The Morgan fingerprint density at radius 2 is 2.00 bits per heavy atom. The van der Waals surface area contributed by atoms with Gasteiger partial charge in [-0.1, -0.05) is 15.9 Å². The lowest BCUT2D eigenvalue weighted by Gasteiger charge is -2.06. The molecule has 1 heterocycles. The summed E-state index contributed by atoms with van der Waals surface area (Å²) in [5.74, 6) is 0. The van der Waals surface area contributed by atoms with Gasteiger partial charge in [-0.2, -0.15) is 18.3 Å². The van der Waals surface area contributed by atoms with Crippen LogP contribution in [0.3, 0.4) is 0 Å². The zero-order valence-electron chi connectivity index (χ0n) is 7.64. The molecule has 0 aliphatic carbocycles. The second kappa shape index (κ2) is 3.23. The van der Waals surface area contributed by atoms with Gasteiger partial charge in [-0.3, -0.25) is 4.68 Å². The minimum atomic E-state index is -4.38. The zero-order valence-corrected chi connectivity index (χ0v) is 9.22. The van der Waals surface area contributed by atoms with Crippen LogP contribution in [0.4, 0.5) is 13.2 Å². The average molecular weight is 279 g/mol. The summed E-state index contributed by atoms with van der Waals surface area (Å²) in [7, 11) is 1.29. The van der Waals surface area contributed by atoms with Crippen LogP contribution in [0.5, 0.6) is 0 Å². The molecule has 15 heavy (non-hydrogen) atoms. The number of benzene rings is 1. The van der Waals surface area contributed by atoms with Crippen LogP contribution in [-0.4, -0.2) is 9.78 Å². The van der Waals surface area contributed by atoms with Crippen molar-refractivity contribution in [1.29, 1.82) is 0 Å². The fraction of sp³-hybridized carbons (Fsp3) is 0.222. The molecule has 0 amide bonds. The fourth-order valence-corrected chi connectivity index (χ4v) is 1.86. The third-order valence-electron chi connectivity index (χ3n) is 2.06. The van der Waals surface area contributed by atoms with E-state index in [-0.39, 0.29) is 5.39 Å². The highest BCUT2D eigenvalue weighted by Crippen LogP contribution is 2.35. The number of hydrogen-bond donors (Lipinski definition) is 0. The van der Waals surface area contributed by atoms with Crippen molar-refractivity contribution in [3.8, 4) is 0 Å². The Hall–Kier alpha value is -1.04. The van der Waals surface area contributed by atoms with Crippen LogP contribution in [0.25, 0.3) is 10.9 Å². The van der Waals surface area contributed by atoms with Crippen LogP contribution < -0.4 is 0 Å². The summed E-state index contributed by atoms with van der Waals surface area (Å²) in [5, 5.41) is 3.93. The monoisotopic (exact) mass is 278 g/mol. The van der Waals surface area contributed by atoms with Gasteiger partial charge in [0.15, 0.2) is 0 Å². The minimum absolute atomic E-state index is 0.119. The molecule has 0 fully saturated rings. The molecule has 0 radical (unpaired) electrons. The number of aryl methyl sites for hydroxylation is 1. The predicted octanol–water partition coefficient (Wildman–Crippen LogP) is 3.35. The summed E-state index contributed by atoms with van der Waals surface area (Å²) in [6.45, 7) is 0. The second-order valence-corrected chi connectivity index (χ2v) is 4.05. The largest absolute Gasteiger partial charge is 0.433 e. The van der Waals surface area contributed by atoms with Crippen molar-refractivity contribution < 1.29 is 13.2 Å². The highest BCUT2D eigenvalue weighted by atomic mass is 79.9. The summed E-state index contributed by atoms with van der Waals surface area (Å²) in [6.07, 6.45) is -4.38. The Labute approximate surface area is 91.8 Å². The first kappa shape index (κ1) is 10.5. The first-order valence-corrected chi connectivity index (χ1v) is 4.88. The fourth-order valence-electron chi connectivity index (χ4n) is 1.51. The van der Waals surface area contributed by atoms with Crippen LogP contribution in [0, 0.1) is 0 Å². The normalized spacial score (nSPS) is 12.3. The SMILES string of the molecule is Cn1nc2cc(Br)ccc2c1C(F)(F)F. The van der Waals surface area contributed by atoms with Gasteiger partial charge in [0.25, 0.3) is 0 Å². The van der Waals surface area contributed by atoms with E-state index in [9.17, 15) is 13.2 Å². The third kappa shape index (κ3) is 1.73. The van der Waals surface area contributed by atoms with E-state index in [0.29, 0.717) is 9.99 Å². The van der Waals surface area contributed by atoms with E-state index in [4.69, 9.17) is 0 Å². The summed E-state index contributed by atoms with van der Waals surface area (Å²) < 4.78 is 39.5. The van der Waals surface area contributed by atoms with Gasteiger partial charge in [-0.15, -0.1) is 0 Å². The molecule has 0 aliphatic rings. The molecule has 2 nitrogen and oxygen atoms in total. The molecule has 0 atom stereocenters. The lowest BCUT2D eigenvalue weighted by atomic mass is 10.2. The molecule has 0 N–H and O–H groups in total. The van der Waals surface area contributed by atoms with Gasteiger partial charge in [-0.25, -0.2) is 0 Å². The minimum Gasteiger partial charge on any atom is -0.262 e. The summed E-state index contributed by atoms with van der Waals surface area (Å²) >= 11 is 3.19. The van der Waals surface area contributed by atoms with Gasteiger partial charge in [-0.05, 0) is 18.2 Å². The maximum atomic E-state index is 12.6. The molecule has 2 rings (SSSR count). The quantitative estimate of drug-likeness (QED) is 0.723. The van der Waals surface area contributed by atoms with Gasteiger partial charge < -0.3 is 0 Å². The van der Waals surface area contributed by atoms with Gasteiger partial charge in [0, 0.05) is 16.9 Å². The number of fused-ring (bicyclic) bond motifs is 1. The molecule has 0 bridgehead atoms. The maximum absolute atomic E-state index is 12.6. The number of rotatable bonds is 0. The molecule has 6 heteroatoms. The van der Waals surface area contributed by atoms with Gasteiger partial charge >= 0.3 is 6.18 Å². The average Bonchev–Trinajstić information content (AvgIpc) is 2.38. The van der Waals surface area contributed by atoms with E-state index < -0.39 is 11.9 Å². The topological polar surface area (TPSA) is 17.8 Å². The Morgan fingerprint density at radius 1 is 1.33 bits per heavy atom. The molecule has 2 aromatic rings. The number of halogens is 4. The summed E-state index contributed by atoms with van der Waals surface area (Å²) in [6, 6.07) is 4.54. The first-order chi connectivity index (χ1) is 6.89. The van der Waals surface area contributed by atoms with Crippen molar-refractivity contribution >= 4 is 26.8 Å². The van der Waals surface area contributed by atoms with Crippen LogP contribution in [0.15, 0.2) is 22.7 Å². The van der Waals surface area contributed by atoms with E-state index >= 15 is 0 Å². The second-order valence-electron chi connectivity index (χ2n) is 3.13. The molecule has 1 aromatic heterocycles. The zero-order chi connectivity index (χ0) is 11.2. The van der Waals surface area contributed by atoms with Crippen LogP contribution in [0.1, 0.15) is 5.69 Å². The van der Waals surface area contributed by atoms with Gasteiger partial charge in [0.05, 0.1) is 5.52 Å². The Kier molecular flexibility index (Phi) is 2.26. The molecule has 0 saturated carbocycles. The molecular formula is C9H6BrF3N2. The van der Waals surface area contributed by atoms with Gasteiger partial charge in [0.2, 0.25) is 0 Å². The van der Waals surface area contributed by atoms with Crippen molar-refractivity contribution in [3.05, 3.63) is 28.4 Å². The van der Waals surface area contributed by atoms with Crippen molar-refractivity contribution in [2.75, 3.05) is 0 Å². The summed E-state index contributed by atoms with van der Waals surface area (Å²) in [4.78, 5) is 0. The van der Waals surface area contributed by atoms with Crippen LogP contribution in [-0.2, 0) is 13.2 Å². The molecule has 0 aliphatic heterocycles. The van der Waals surface area contributed by atoms with Crippen molar-refractivity contribution in [2.45, 2.75) is 6.18 Å². The molecule has 80 valence electrons. The molecular weight excluding hydrogens is 273 g/mol. The molecule has 0 spiro atoms. The van der Waals surface area contributed by atoms with E-state index in [2.05, 4.69) is 21.0 Å². The molecule has 0 unspecified atom stereocenters. The van der Waals surface area contributed by atoms with Crippen molar-refractivity contribution in [1.82, 2.24) is 9.78 Å². The van der Waals surface area contributed by atoms with Crippen LogP contribution >= 0.6 is 15.9 Å². The van der Waals surface area contributed by atoms with E-state index in [1.807, 2.05) is 0 Å². The Bertz CT molecular complexity index is 516. The number of hydrogen-bond acceptors (Lipinski definition) is 1. The smallest absolute Gasteiger partial charge is 0.262 e. The van der Waals surface area contributed by atoms with Gasteiger partial charge in [0.1, 0.15) is 5.69 Å². The van der Waals surface area contributed by atoms with Crippen molar-refractivity contribution in [3.63, 3.8) is 0 Å². The standard InChI is InChI=1S/C9H6BrF3N2/c1-15-8(9(11,12)13)6-3-2-5(10)4-7(6)14-15/h2-4H,1H3. The van der Waals surface area contributed by atoms with Crippen molar-refractivity contribution in [2.24, 2.45) is 7.05 Å². The Morgan fingerprint density at radius 3 is 2.60 bits per heavy atom. The predicted molar refractivity (Wildman–Crippen MR) is 53.4 cm³/mol. The first-order valence-electron chi connectivity index (χ1n) is 4.09. The molecule has 0 saturated heterocycles. The maximum Gasteiger partial charge on any atom is 0.433 e. The number of alkyl halides is 3. The highest BCUT2D eigenvalue weighted by molar-refractivity contribution is 9.10. The lowest BCUT2D eigenvalue weighted by Crippen LogP contribution is -2.11. The molecule has 1 aromatic carbocycles. The lowest BCUT2D eigenvalue weighted by molar-refractivity contribution is -0.142. The van der Waals surface area contributed by atoms with Crippen LogP contribution in [0.2, 0.25) is 0 Å². The third-order valence-corrected chi connectivity index (χ3v) is 2.56. The summed E-state index contributed by atoms with van der Waals surface area (Å²) in [5.41, 5.74) is -0.385. The van der Waals surface area contributed by atoms with E-state index in [1.54, 1.807) is 12.1 Å². The van der Waals surface area contributed by atoms with E-state index in [1.165, 1.54) is 13.1 Å². The Balaban J connectivity index is 2.80.